The Morgan fingerprint density at radius 3 is 2.60 bits per heavy atom. The first kappa shape index (κ1) is 12.3. The highest BCUT2D eigenvalue weighted by Crippen LogP contribution is 2.28. The summed E-state index contributed by atoms with van der Waals surface area (Å²) in [4.78, 5) is 4.24. The van der Waals surface area contributed by atoms with Crippen molar-refractivity contribution in [2.45, 2.75) is 6.92 Å². The number of aromatic nitrogens is 2. The maximum absolute atomic E-state index is 13.7. The molecule has 3 aromatic rings. The van der Waals surface area contributed by atoms with Gasteiger partial charge in [0.25, 0.3) is 5.89 Å². The van der Waals surface area contributed by atoms with E-state index in [0.29, 0.717) is 17.1 Å². The third-order valence-electron chi connectivity index (χ3n) is 3.15. The summed E-state index contributed by atoms with van der Waals surface area (Å²) in [6.45, 7) is 1.87. The van der Waals surface area contributed by atoms with E-state index in [0.717, 1.165) is 11.1 Å². The van der Waals surface area contributed by atoms with E-state index in [1.54, 1.807) is 24.3 Å². The summed E-state index contributed by atoms with van der Waals surface area (Å²) in [6.07, 6.45) is 0. The topological polar surface area (TPSA) is 64.9 Å². The van der Waals surface area contributed by atoms with E-state index in [1.807, 2.05) is 19.1 Å². The van der Waals surface area contributed by atoms with Gasteiger partial charge < -0.3 is 10.3 Å². The number of hydrogen-bond donors (Lipinski definition) is 1. The van der Waals surface area contributed by atoms with Crippen LogP contribution in [-0.4, -0.2) is 10.1 Å². The molecule has 0 saturated carbocycles. The molecule has 1 aromatic heterocycles. The van der Waals surface area contributed by atoms with E-state index in [-0.39, 0.29) is 11.6 Å². The Morgan fingerprint density at radius 1 is 1.05 bits per heavy atom. The van der Waals surface area contributed by atoms with E-state index in [4.69, 9.17) is 10.3 Å². The van der Waals surface area contributed by atoms with Crippen molar-refractivity contribution in [3.63, 3.8) is 0 Å². The highest BCUT2D eigenvalue weighted by molar-refractivity contribution is 5.68. The van der Waals surface area contributed by atoms with Crippen LogP contribution >= 0.6 is 0 Å². The van der Waals surface area contributed by atoms with Crippen LogP contribution < -0.4 is 5.73 Å². The number of benzene rings is 2. The summed E-state index contributed by atoms with van der Waals surface area (Å²) < 4.78 is 18.9. The van der Waals surface area contributed by atoms with Crippen LogP contribution in [0.3, 0.4) is 0 Å². The molecule has 2 N–H and O–H groups in total. The first-order chi connectivity index (χ1) is 9.66. The lowest BCUT2D eigenvalue weighted by molar-refractivity contribution is 0.431. The zero-order chi connectivity index (χ0) is 14.1. The Bertz CT molecular complexity index is 767. The van der Waals surface area contributed by atoms with Crippen molar-refractivity contribution in [2.75, 3.05) is 5.73 Å². The van der Waals surface area contributed by atoms with Crippen molar-refractivity contribution in [3.8, 4) is 22.8 Å². The number of anilines is 1. The van der Waals surface area contributed by atoms with Gasteiger partial charge in [0, 0.05) is 11.3 Å². The molecule has 0 radical (unpaired) electrons. The maximum atomic E-state index is 13.7. The third kappa shape index (κ3) is 2.03. The highest BCUT2D eigenvalue weighted by Gasteiger charge is 2.15. The molecular weight excluding hydrogens is 257 g/mol. The van der Waals surface area contributed by atoms with Crippen LogP contribution in [0, 0.1) is 12.7 Å². The second-order valence-corrected chi connectivity index (χ2v) is 4.42. The first-order valence-corrected chi connectivity index (χ1v) is 6.11. The SMILES string of the molecule is Cc1c(N)cccc1-c1nc(-c2ccccc2F)no1. The van der Waals surface area contributed by atoms with Crippen molar-refractivity contribution in [3.05, 3.63) is 53.8 Å². The standard InChI is InChI=1S/C15H12FN3O/c1-9-10(6-4-8-13(9)17)15-18-14(19-20-15)11-5-2-3-7-12(11)16/h2-8H,17H2,1H3. The maximum Gasteiger partial charge on any atom is 0.258 e. The molecule has 0 saturated heterocycles. The van der Waals surface area contributed by atoms with E-state index in [9.17, 15) is 4.39 Å². The van der Waals surface area contributed by atoms with E-state index >= 15 is 0 Å². The Hall–Kier alpha value is -2.69. The summed E-state index contributed by atoms with van der Waals surface area (Å²) in [6, 6.07) is 11.7. The minimum Gasteiger partial charge on any atom is -0.398 e. The van der Waals surface area contributed by atoms with E-state index in [2.05, 4.69) is 10.1 Å². The van der Waals surface area contributed by atoms with Gasteiger partial charge in [-0.25, -0.2) is 4.39 Å². The third-order valence-corrected chi connectivity index (χ3v) is 3.15. The fraction of sp³-hybridized carbons (Fsp3) is 0.0667. The van der Waals surface area contributed by atoms with Gasteiger partial charge in [-0.15, -0.1) is 0 Å². The zero-order valence-corrected chi connectivity index (χ0v) is 10.8. The van der Waals surface area contributed by atoms with Crippen LogP contribution in [0.1, 0.15) is 5.56 Å². The second kappa shape index (κ2) is 4.77. The van der Waals surface area contributed by atoms with E-state index < -0.39 is 0 Å². The second-order valence-electron chi connectivity index (χ2n) is 4.42. The monoisotopic (exact) mass is 269 g/mol. The summed E-state index contributed by atoms with van der Waals surface area (Å²) >= 11 is 0. The van der Waals surface area contributed by atoms with Gasteiger partial charge in [-0.1, -0.05) is 23.4 Å². The average molecular weight is 269 g/mol. The summed E-state index contributed by atoms with van der Waals surface area (Å²) in [5.41, 5.74) is 8.41. The van der Waals surface area contributed by atoms with Gasteiger partial charge in [0.05, 0.1) is 5.56 Å². The van der Waals surface area contributed by atoms with Crippen molar-refractivity contribution >= 4 is 5.69 Å². The molecule has 4 nitrogen and oxygen atoms in total. The number of nitrogens with two attached hydrogens (primary N) is 1. The number of rotatable bonds is 2. The molecule has 0 spiro atoms. The van der Waals surface area contributed by atoms with Gasteiger partial charge in [-0.3, -0.25) is 0 Å². The molecule has 100 valence electrons. The van der Waals surface area contributed by atoms with Crippen LogP contribution in [0.2, 0.25) is 0 Å². The Kier molecular flexibility index (Phi) is 2.95. The molecule has 0 aliphatic rings. The molecule has 3 rings (SSSR count). The van der Waals surface area contributed by atoms with Crippen LogP contribution in [0.25, 0.3) is 22.8 Å². The molecule has 0 unspecified atom stereocenters. The van der Waals surface area contributed by atoms with Gasteiger partial charge in [-0.05, 0) is 36.8 Å². The smallest absolute Gasteiger partial charge is 0.258 e. The number of nitrogen functional groups attached to an aromatic ring is 1. The number of hydrogen-bond acceptors (Lipinski definition) is 4. The lowest BCUT2D eigenvalue weighted by atomic mass is 10.1. The van der Waals surface area contributed by atoms with Crippen LogP contribution in [-0.2, 0) is 0 Å². The normalized spacial score (nSPS) is 10.7. The molecule has 1 heterocycles. The molecule has 0 aliphatic heterocycles. The fourth-order valence-corrected chi connectivity index (χ4v) is 1.97. The summed E-state index contributed by atoms with van der Waals surface area (Å²) in [5.74, 6) is 0.164. The average Bonchev–Trinajstić information content (AvgIpc) is 2.92. The Morgan fingerprint density at radius 2 is 1.80 bits per heavy atom. The summed E-state index contributed by atoms with van der Waals surface area (Å²) in [5, 5.41) is 3.83. The fourth-order valence-electron chi connectivity index (χ4n) is 1.97. The van der Waals surface area contributed by atoms with Crippen molar-refractivity contribution < 1.29 is 8.91 Å². The Labute approximate surface area is 115 Å². The van der Waals surface area contributed by atoms with Crippen molar-refractivity contribution in [1.29, 1.82) is 0 Å². The predicted octanol–water partition coefficient (Wildman–Crippen LogP) is 3.43. The number of halogens is 1. The van der Waals surface area contributed by atoms with Crippen LogP contribution in [0.4, 0.5) is 10.1 Å². The first-order valence-electron chi connectivity index (χ1n) is 6.11. The van der Waals surface area contributed by atoms with Gasteiger partial charge in [-0.2, -0.15) is 4.98 Å². The quantitative estimate of drug-likeness (QED) is 0.724. The molecule has 0 amide bonds. The minimum atomic E-state index is -0.385. The number of nitrogens with zero attached hydrogens (tertiary/aromatic N) is 2. The molecular formula is C15H12FN3O. The van der Waals surface area contributed by atoms with E-state index in [1.165, 1.54) is 6.07 Å². The van der Waals surface area contributed by atoms with Crippen molar-refractivity contribution in [1.82, 2.24) is 10.1 Å². The molecule has 0 aliphatic carbocycles. The summed E-state index contributed by atoms with van der Waals surface area (Å²) in [7, 11) is 0. The predicted molar refractivity (Wildman–Crippen MR) is 74.3 cm³/mol. The zero-order valence-electron chi connectivity index (χ0n) is 10.8. The minimum absolute atomic E-state index is 0.222. The van der Waals surface area contributed by atoms with Crippen molar-refractivity contribution in [2.24, 2.45) is 0 Å². The van der Waals surface area contributed by atoms with Gasteiger partial charge in [0.15, 0.2) is 0 Å². The lowest BCUT2D eigenvalue weighted by Gasteiger charge is -2.03. The molecule has 5 heteroatoms. The molecule has 0 atom stereocenters. The van der Waals surface area contributed by atoms with Crippen LogP contribution in [0.15, 0.2) is 47.0 Å². The molecule has 0 bridgehead atoms. The largest absolute Gasteiger partial charge is 0.398 e. The molecule has 2 aromatic carbocycles. The van der Waals surface area contributed by atoms with Crippen LogP contribution in [0.5, 0.6) is 0 Å². The molecule has 20 heavy (non-hydrogen) atoms. The van der Waals surface area contributed by atoms with Gasteiger partial charge in [0.1, 0.15) is 5.82 Å². The molecule has 0 fully saturated rings. The lowest BCUT2D eigenvalue weighted by Crippen LogP contribution is -1.92. The van der Waals surface area contributed by atoms with Gasteiger partial charge in [0.2, 0.25) is 5.82 Å². The highest BCUT2D eigenvalue weighted by atomic mass is 19.1. The van der Waals surface area contributed by atoms with Gasteiger partial charge >= 0.3 is 0 Å². The Balaban J connectivity index is 2.07.